The molecule has 0 fully saturated rings. The second kappa shape index (κ2) is 9.05. The van der Waals surface area contributed by atoms with Crippen molar-refractivity contribution >= 4 is 56.3 Å². The summed E-state index contributed by atoms with van der Waals surface area (Å²) >= 11 is 6.30. The molecule has 1 aliphatic heterocycles. The number of para-hydroxylation sites is 1. The first-order chi connectivity index (χ1) is 16.0. The SMILES string of the molecule is CC1=C(C(=O)Nc2ccccc2)C(c2cccs2)n2c(s/c(=C\c3ccc(Br)cc3)c2=O)=N1. The zero-order valence-electron chi connectivity index (χ0n) is 17.5. The monoisotopic (exact) mass is 535 g/mol. The van der Waals surface area contributed by atoms with Crippen LogP contribution in [-0.4, -0.2) is 10.5 Å². The second-order valence-electron chi connectivity index (χ2n) is 7.47. The molecule has 0 bridgehead atoms. The van der Waals surface area contributed by atoms with E-state index in [0.717, 1.165) is 14.9 Å². The van der Waals surface area contributed by atoms with Crippen LogP contribution in [0.1, 0.15) is 23.4 Å². The lowest BCUT2D eigenvalue weighted by Gasteiger charge is -2.24. The molecule has 1 amide bonds. The van der Waals surface area contributed by atoms with Crippen LogP contribution >= 0.6 is 38.6 Å². The van der Waals surface area contributed by atoms with E-state index in [1.165, 1.54) is 22.7 Å². The van der Waals surface area contributed by atoms with Crippen LogP contribution in [0.25, 0.3) is 6.08 Å². The van der Waals surface area contributed by atoms with Gasteiger partial charge >= 0.3 is 0 Å². The number of hydrogen-bond acceptors (Lipinski definition) is 5. The Morgan fingerprint density at radius 3 is 2.55 bits per heavy atom. The van der Waals surface area contributed by atoms with Crippen molar-refractivity contribution in [2.75, 3.05) is 5.32 Å². The molecule has 1 N–H and O–H groups in total. The number of benzene rings is 2. The first-order valence-electron chi connectivity index (χ1n) is 10.2. The first kappa shape index (κ1) is 21.8. The Bertz CT molecular complexity index is 1530. The fraction of sp³-hybridized carbons (Fsp3) is 0.0800. The molecule has 33 heavy (non-hydrogen) atoms. The van der Waals surface area contributed by atoms with E-state index < -0.39 is 6.04 Å². The zero-order chi connectivity index (χ0) is 22.9. The number of aromatic nitrogens is 1. The third-order valence-corrected chi connectivity index (χ3v) is 7.71. The van der Waals surface area contributed by atoms with E-state index in [1.807, 2.05) is 85.1 Å². The van der Waals surface area contributed by atoms with Crippen LogP contribution in [0.15, 0.2) is 97.6 Å². The molecule has 164 valence electrons. The third-order valence-electron chi connectivity index (χ3n) is 5.28. The number of thiophene rings is 1. The van der Waals surface area contributed by atoms with Crippen LogP contribution in [0.2, 0.25) is 0 Å². The Labute approximate surface area is 206 Å². The van der Waals surface area contributed by atoms with Crippen molar-refractivity contribution in [3.05, 3.63) is 118 Å². The molecule has 5 nitrogen and oxygen atoms in total. The largest absolute Gasteiger partial charge is 0.322 e. The quantitative estimate of drug-likeness (QED) is 0.411. The zero-order valence-corrected chi connectivity index (χ0v) is 20.7. The van der Waals surface area contributed by atoms with Gasteiger partial charge in [0.2, 0.25) is 0 Å². The maximum absolute atomic E-state index is 13.5. The lowest BCUT2D eigenvalue weighted by molar-refractivity contribution is -0.113. The number of anilines is 1. The number of carbonyl (C=O) groups is 1. The molecule has 2 aromatic carbocycles. The number of thiazole rings is 1. The average Bonchev–Trinajstić information content (AvgIpc) is 3.44. The summed E-state index contributed by atoms with van der Waals surface area (Å²) in [4.78, 5) is 33.1. The molecule has 5 rings (SSSR count). The highest BCUT2D eigenvalue weighted by Gasteiger charge is 2.33. The summed E-state index contributed by atoms with van der Waals surface area (Å²) in [5, 5.41) is 4.91. The number of amides is 1. The van der Waals surface area contributed by atoms with Crippen molar-refractivity contribution in [1.82, 2.24) is 4.57 Å². The minimum atomic E-state index is -0.531. The Morgan fingerprint density at radius 1 is 1.09 bits per heavy atom. The normalized spacial score (nSPS) is 15.8. The molecule has 2 aromatic heterocycles. The minimum absolute atomic E-state index is 0.155. The third kappa shape index (κ3) is 4.29. The molecule has 8 heteroatoms. The van der Waals surface area contributed by atoms with Crippen molar-refractivity contribution in [3.63, 3.8) is 0 Å². The van der Waals surface area contributed by atoms with Crippen molar-refractivity contribution in [1.29, 1.82) is 0 Å². The van der Waals surface area contributed by atoms with Crippen molar-refractivity contribution < 1.29 is 4.79 Å². The summed E-state index contributed by atoms with van der Waals surface area (Å²) in [6.07, 6.45) is 1.87. The van der Waals surface area contributed by atoms with Gasteiger partial charge in [-0.2, -0.15) is 0 Å². The van der Waals surface area contributed by atoms with Crippen molar-refractivity contribution in [3.8, 4) is 0 Å². The van der Waals surface area contributed by atoms with Crippen LogP contribution in [0.5, 0.6) is 0 Å². The Balaban J connectivity index is 1.65. The van der Waals surface area contributed by atoms with E-state index in [4.69, 9.17) is 0 Å². The number of hydrogen-bond donors (Lipinski definition) is 1. The van der Waals surface area contributed by atoms with E-state index >= 15 is 0 Å². The summed E-state index contributed by atoms with van der Waals surface area (Å²) in [6, 6.07) is 20.4. The van der Waals surface area contributed by atoms with Crippen molar-refractivity contribution in [2.24, 2.45) is 4.99 Å². The predicted molar refractivity (Wildman–Crippen MR) is 137 cm³/mol. The summed E-state index contributed by atoms with van der Waals surface area (Å²) in [7, 11) is 0. The highest BCUT2D eigenvalue weighted by Crippen LogP contribution is 2.33. The van der Waals surface area contributed by atoms with Crippen LogP contribution in [0.3, 0.4) is 0 Å². The summed E-state index contributed by atoms with van der Waals surface area (Å²) in [6.45, 7) is 1.83. The van der Waals surface area contributed by atoms with Gasteiger partial charge in [-0.1, -0.05) is 63.7 Å². The van der Waals surface area contributed by atoms with Crippen molar-refractivity contribution in [2.45, 2.75) is 13.0 Å². The number of nitrogens with zero attached hydrogens (tertiary/aromatic N) is 2. The summed E-state index contributed by atoms with van der Waals surface area (Å²) in [5.41, 5.74) is 2.55. The van der Waals surface area contributed by atoms with E-state index in [9.17, 15) is 9.59 Å². The molecular formula is C25H18BrN3O2S2. The summed E-state index contributed by atoms with van der Waals surface area (Å²) in [5.74, 6) is -0.261. The molecule has 1 atom stereocenters. The van der Waals surface area contributed by atoms with Crippen LogP contribution in [0, 0.1) is 0 Å². The van der Waals surface area contributed by atoms with Gasteiger partial charge < -0.3 is 5.32 Å². The summed E-state index contributed by atoms with van der Waals surface area (Å²) < 4.78 is 3.20. The number of nitrogens with one attached hydrogen (secondary N) is 1. The maximum atomic E-state index is 13.5. The Hall–Kier alpha value is -3.07. The minimum Gasteiger partial charge on any atom is -0.322 e. The molecule has 0 saturated carbocycles. The van der Waals surface area contributed by atoms with Gasteiger partial charge in [-0.05, 0) is 54.3 Å². The number of rotatable bonds is 4. The number of carbonyl (C=O) groups excluding carboxylic acids is 1. The number of halogens is 1. The standard InChI is InChI=1S/C25H18BrN3O2S2/c1-15-21(23(30)28-18-6-3-2-4-7-18)22(19-8-5-13-32-19)29-24(31)20(33-25(29)27-15)14-16-9-11-17(26)12-10-16/h2-14,22H,1H3,(H,28,30)/b20-14-. The molecule has 0 aliphatic carbocycles. The Kier molecular flexibility index (Phi) is 5.97. The van der Waals surface area contributed by atoms with Gasteiger partial charge in [0.25, 0.3) is 11.5 Å². The van der Waals surface area contributed by atoms with Gasteiger partial charge in [0.05, 0.1) is 15.8 Å². The van der Waals surface area contributed by atoms with E-state index in [-0.39, 0.29) is 11.5 Å². The van der Waals surface area contributed by atoms with Gasteiger partial charge in [0.1, 0.15) is 6.04 Å². The van der Waals surface area contributed by atoms with Gasteiger partial charge in [-0.3, -0.25) is 14.2 Å². The van der Waals surface area contributed by atoms with E-state index in [2.05, 4.69) is 26.2 Å². The fourth-order valence-electron chi connectivity index (χ4n) is 3.76. The first-order valence-corrected chi connectivity index (χ1v) is 12.7. The van der Waals surface area contributed by atoms with Gasteiger partial charge in [0.15, 0.2) is 4.80 Å². The molecule has 0 saturated heterocycles. The van der Waals surface area contributed by atoms with Crippen LogP contribution in [-0.2, 0) is 4.79 Å². The van der Waals surface area contributed by atoms with Gasteiger partial charge in [0, 0.05) is 15.0 Å². The molecule has 3 heterocycles. The van der Waals surface area contributed by atoms with Crippen LogP contribution in [0.4, 0.5) is 5.69 Å². The number of fused-ring (bicyclic) bond motifs is 1. The lowest BCUT2D eigenvalue weighted by atomic mass is 10.0. The molecule has 0 radical (unpaired) electrons. The molecular weight excluding hydrogens is 518 g/mol. The van der Waals surface area contributed by atoms with Crippen LogP contribution < -0.4 is 20.2 Å². The van der Waals surface area contributed by atoms with Gasteiger partial charge in [-0.25, -0.2) is 4.99 Å². The van der Waals surface area contributed by atoms with E-state index in [1.54, 1.807) is 4.57 Å². The molecule has 1 aliphatic rings. The highest BCUT2D eigenvalue weighted by atomic mass is 79.9. The molecule has 4 aromatic rings. The van der Waals surface area contributed by atoms with Gasteiger partial charge in [-0.15, -0.1) is 11.3 Å². The predicted octanol–water partition coefficient (Wildman–Crippen LogP) is 4.70. The topological polar surface area (TPSA) is 63.5 Å². The lowest BCUT2D eigenvalue weighted by Crippen LogP contribution is -2.40. The smallest absolute Gasteiger partial charge is 0.271 e. The molecule has 0 spiro atoms. The average molecular weight is 536 g/mol. The maximum Gasteiger partial charge on any atom is 0.271 e. The van der Waals surface area contributed by atoms with E-state index in [0.29, 0.717) is 26.3 Å². The Morgan fingerprint density at radius 2 is 1.85 bits per heavy atom. The fourth-order valence-corrected chi connectivity index (χ4v) is 5.89. The number of allylic oxidation sites excluding steroid dienone is 1. The second-order valence-corrected chi connectivity index (χ2v) is 10.4. The highest BCUT2D eigenvalue weighted by molar-refractivity contribution is 9.10. The molecule has 1 unspecified atom stereocenters.